The van der Waals surface area contributed by atoms with Crippen LogP contribution in [0.4, 0.5) is 0 Å². The van der Waals surface area contributed by atoms with Crippen molar-refractivity contribution in [3.05, 3.63) is 23.5 Å². The second-order valence-electron chi connectivity index (χ2n) is 12.8. The molecular formula is C31H48O5. The molecule has 5 aliphatic carbocycles. The van der Waals surface area contributed by atoms with Gasteiger partial charge in [-0.3, -0.25) is 0 Å². The summed E-state index contributed by atoms with van der Waals surface area (Å²) in [5, 5.41) is 21.4. The van der Waals surface area contributed by atoms with E-state index in [9.17, 15) is 15.0 Å². The van der Waals surface area contributed by atoms with Gasteiger partial charge >= 0.3 is 5.97 Å². The minimum atomic E-state index is -0.270. The minimum Gasteiger partial charge on any atom is -0.482 e. The van der Waals surface area contributed by atoms with E-state index in [2.05, 4.69) is 26.0 Å². The number of allylic oxidation sites excluding steroid dienone is 3. The molecule has 4 unspecified atom stereocenters. The summed E-state index contributed by atoms with van der Waals surface area (Å²) >= 11 is 0. The van der Waals surface area contributed by atoms with Gasteiger partial charge in [0.1, 0.15) is 11.9 Å². The fourth-order valence-electron chi connectivity index (χ4n) is 8.44. The Morgan fingerprint density at radius 1 is 1.11 bits per heavy atom. The molecule has 5 rings (SSSR count). The molecule has 0 aliphatic heterocycles. The van der Waals surface area contributed by atoms with Crippen molar-refractivity contribution in [2.45, 2.75) is 116 Å². The molecule has 0 aromatic heterocycles. The lowest BCUT2D eigenvalue weighted by Gasteiger charge is -2.41. The van der Waals surface area contributed by atoms with E-state index in [0.717, 1.165) is 63.0 Å². The lowest BCUT2D eigenvalue weighted by molar-refractivity contribution is -0.155. The van der Waals surface area contributed by atoms with Crippen molar-refractivity contribution in [3.63, 3.8) is 0 Å². The molecule has 0 aromatic carbocycles. The van der Waals surface area contributed by atoms with Crippen molar-refractivity contribution in [3.8, 4) is 0 Å². The summed E-state index contributed by atoms with van der Waals surface area (Å²) in [7, 11) is 0. The topological polar surface area (TPSA) is 76.0 Å². The molecular weight excluding hydrogens is 452 g/mol. The highest BCUT2D eigenvalue weighted by atomic mass is 16.6. The Balaban J connectivity index is 1.16. The van der Waals surface area contributed by atoms with E-state index in [-0.39, 0.29) is 36.8 Å². The molecule has 202 valence electrons. The maximum atomic E-state index is 12.6. The zero-order valence-corrected chi connectivity index (χ0v) is 22.4. The molecule has 10 atom stereocenters. The van der Waals surface area contributed by atoms with Crippen molar-refractivity contribution in [2.75, 3.05) is 6.61 Å². The average Bonchev–Trinajstić information content (AvgIpc) is 3.55. The molecule has 2 bridgehead atoms. The molecule has 5 aliphatic rings. The Hall–Kier alpha value is -1.33. The number of esters is 1. The van der Waals surface area contributed by atoms with E-state index < -0.39 is 0 Å². The second kappa shape index (κ2) is 11.6. The first kappa shape index (κ1) is 26.3. The monoisotopic (exact) mass is 500 g/mol. The summed E-state index contributed by atoms with van der Waals surface area (Å²) in [5.74, 6) is 4.07. The van der Waals surface area contributed by atoms with Crippen LogP contribution in [0, 0.1) is 41.4 Å². The highest BCUT2D eigenvalue weighted by Gasteiger charge is 2.48. The van der Waals surface area contributed by atoms with Gasteiger partial charge in [0.25, 0.3) is 0 Å². The molecule has 5 nitrogen and oxygen atoms in total. The summed E-state index contributed by atoms with van der Waals surface area (Å²) in [4.78, 5) is 12.6. The van der Waals surface area contributed by atoms with E-state index in [1.165, 1.54) is 37.7 Å². The minimum absolute atomic E-state index is 0.00652. The van der Waals surface area contributed by atoms with Gasteiger partial charge in [-0.05, 0) is 117 Å². The summed E-state index contributed by atoms with van der Waals surface area (Å²) in [6, 6.07) is 0. The predicted octanol–water partition coefficient (Wildman–Crippen LogP) is 5.94. The molecule has 0 spiro atoms. The average molecular weight is 501 g/mol. The highest BCUT2D eigenvalue weighted by Crippen LogP contribution is 2.54. The Labute approximate surface area is 217 Å². The number of carbonyl (C=O) groups is 1. The third-order valence-electron chi connectivity index (χ3n) is 10.4. The first-order valence-corrected chi connectivity index (χ1v) is 15.0. The van der Waals surface area contributed by atoms with E-state index in [1.54, 1.807) is 0 Å². The van der Waals surface area contributed by atoms with Gasteiger partial charge in [0, 0.05) is 0 Å². The van der Waals surface area contributed by atoms with Gasteiger partial charge in [-0.25, -0.2) is 4.79 Å². The summed E-state index contributed by atoms with van der Waals surface area (Å²) < 4.78 is 11.9. The molecule has 2 N–H and O–H groups in total. The number of unbranched alkanes of at least 4 members (excludes halogenated alkanes) is 2. The van der Waals surface area contributed by atoms with Crippen molar-refractivity contribution in [2.24, 2.45) is 41.4 Å². The maximum absolute atomic E-state index is 12.6. The zero-order chi connectivity index (χ0) is 25.2. The van der Waals surface area contributed by atoms with Crippen molar-refractivity contribution in [1.82, 2.24) is 0 Å². The van der Waals surface area contributed by atoms with Crippen LogP contribution in [0.25, 0.3) is 0 Å². The predicted molar refractivity (Wildman–Crippen MR) is 140 cm³/mol. The van der Waals surface area contributed by atoms with Gasteiger partial charge < -0.3 is 19.7 Å². The molecule has 5 heteroatoms. The Morgan fingerprint density at radius 3 is 2.72 bits per heavy atom. The lowest BCUT2D eigenvalue weighted by Crippen LogP contribution is -2.33. The van der Waals surface area contributed by atoms with Crippen LogP contribution in [0.2, 0.25) is 0 Å². The molecule has 36 heavy (non-hydrogen) atoms. The van der Waals surface area contributed by atoms with Gasteiger partial charge in [0.2, 0.25) is 0 Å². The number of hydrogen-bond acceptors (Lipinski definition) is 5. The van der Waals surface area contributed by atoms with Crippen LogP contribution in [0.15, 0.2) is 23.5 Å². The first-order chi connectivity index (χ1) is 17.4. The normalized spacial score (nSPS) is 39.7. The van der Waals surface area contributed by atoms with Gasteiger partial charge in [-0.2, -0.15) is 0 Å². The van der Waals surface area contributed by atoms with Crippen LogP contribution in [0.1, 0.15) is 97.3 Å². The van der Waals surface area contributed by atoms with Gasteiger partial charge in [-0.15, -0.1) is 0 Å². The molecule has 0 aromatic rings. The summed E-state index contributed by atoms with van der Waals surface area (Å²) in [6.45, 7) is 4.46. The fourth-order valence-corrected chi connectivity index (χ4v) is 8.44. The number of hydrogen-bond donors (Lipinski definition) is 2. The fraction of sp³-hybridized carbons (Fsp3) is 0.839. The van der Waals surface area contributed by atoms with E-state index in [4.69, 9.17) is 9.47 Å². The van der Waals surface area contributed by atoms with Gasteiger partial charge in [0.15, 0.2) is 6.61 Å². The molecule has 4 saturated carbocycles. The number of aliphatic hydroxyl groups excluding tert-OH is 2. The number of fused-ring (bicyclic) bond motifs is 4. The summed E-state index contributed by atoms with van der Waals surface area (Å²) in [6.07, 6.45) is 17.6. The maximum Gasteiger partial charge on any atom is 0.344 e. The Morgan fingerprint density at radius 2 is 1.97 bits per heavy atom. The van der Waals surface area contributed by atoms with Gasteiger partial charge in [-0.1, -0.05) is 39.2 Å². The molecule has 0 saturated heterocycles. The number of ether oxygens (including phenoxy) is 2. The standard InChI is InChI=1S/C31H48O5/c1-3-4-5-6-23(32)10-11-24-26-17-25-19(2)7-12-29(27(25)15-22(26)16-28(24)33)35-18-31(34)36-30-14-20-8-9-21(30)13-20/h7,12,19-26,28,30,32-33H,3-6,8-11,13-18H2,1-2H3/t19?,20?,21?,22-,23-,24+,25?,26-,28+,30-/m0/s1. The molecule has 0 heterocycles. The number of carbonyl (C=O) groups excluding carboxylic acids is 1. The van der Waals surface area contributed by atoms with Crippen LogP contribution >= 0.6 is 0 Å². The van der Waals surface area contributed by atoms with Crippen LogP contribution < -0.4 is 0 Å². The Bertz CT molecular complexity index is 833. The summed E-state index contributed by atoms with van der Waals surface area (Å²) in [5.41, 5.74) is 1.34. The van der Waals surface area contributed by atoms with Crippen LogP contribution in [0.5, 0.6) is 0 Å². The molecule has 0 amide bonds. The van der Waals surface area contributed by atoms with E-state index in [0.29, 0.717) is 29.6 Å². The lowest BCUT2D eigenvalue weighted by atomic mass is 9.65. The molecule has 4 fully saturated rings. The first-order valence-electron chi connectivity index (χ1n) is 15.0. The zero-order valence-electron chi connectivity index (χ0n) is 22.4. The largest absolute Gasteiger partial charge is 0.482 e. The van der Waals surface area contributed by atoms with E-state index in [1.807, 2.05) is 0 Å². The van der Waals surface area contributed by atoms with Crippen LogP contribution in [-0.4, -0.2) is 41.1 Å². The van der Waals surface area contributed by atoms with Crippen LogP contribution in [-0.2, 0) is 14.3 Å². The van der Waals surface area contributed by atoms with Crippen LogP contribution in [0.3, 0.4) is 0 Å². The quantitative estimate of drug-likeness (QED) is 0.271. The number of rotatable bonds is 11. The smallest absolute Gasteiger partial charge is 0.344 e. The second-order valence-corrected chi connectivity index (χ2v) is 12.8. The number of aliphatic hydroxyl groups is 2. The Kier molecular flexibility index (Phi) is 8.47. The third-order valence-corrected chi connectivity index (χ3v) is 10.4. The van der Waals surface area contributed by atoms with Gasteiger partial charge in [0.05, 0.1) is 12.2 Å². The van der Waals surface area contributed by atoms with Crippen molar-refractivity contribution in [1.29, 1.82) is 0 Å². The molecule has 0 radical (unpaired) electrons. The van der Waals surface area contributed by atoms with Crippen molar-refractivity contribution < 1.29 is 24.5 Å². The highest BCUT2D eigenvalue weighted by molar-refractivity contribution is 5.71. The SMILES string of the molecule is CCCCC[C@H](O)CC[C@@H]1[C@H]2CC3C(=C(OCC(=O)O[C@H]4CC5CCC4C5)C=CC3C)C[C@H]2C[C@H]1O. The third kappa shape index (κ3) is 5.72. The van der Waals surface area contributed by atoms with E-state index >= 15 is 0 Å². The van der Waals surface area contributed by atoms with Crippen molar-refractivity contribution >= 4 is 5.97 Å².